The van der Waals surface area contributed by atoms with E-state index in [0.29, 0.717) is 0 Å². The van der Waals surface area contributed by atoms with Crippen molar-refractivity contribution >= 4 is 24.4 Å². The molecule has 3 heteroatoms. The van der Waals surface area contributed by atoms with Gasteiger partial charge in [0.25, 0.3) is 0 Å². The third-order valence-electron chi connectivity index (χ3n) is 5.27. The van der Waals surface area contributed by atoms with Crippen molar-refractivity contribution in [2.24, 2.45) is 0 Å². The Kier molecular flexibility index (Phi) is 11.1. The van der Waals surface area contributed by atoms with Gasteiger partial charge in [0.2, 0.25) is 0 Å². The van der Waals surface area contributed by atoms with E-state index in [1.807, 2.05) is 18.2 Å². The van der Waals surface area contributed by atoms with Crippen LogP contribution in [0.3, 0.4) is 0 Å². The Morgan fingerprint density at radius 3 is 1.77 bits per heavy atom. The van der Waals surface area contributed by atoms with Crippen molar-refractivity contribution in [2.75, 3.05) is 0 Å². The summed E-state index contributed by atoms with van der Waals surface area (Å²) in [5.74, 6) is 0. The first kappa shape index (κ1) is 21.5. The van der Waals surface area contributed by atoms with Gasteiger partial charge in [-0.25, -0.2) is 0 Å². The molecule has 0 saturated heterocycles. The molecule has 1 aromatic heterocycles. The van der Waals surface area contributed by atoms with Gasteiger partial charge in [-0.2, -0.15) is 0 Å². The number of fused-ring (bicyclic) bond motifs is 1. The summed E-state index contributed by atoms with van der Waals surface area (Å²) in [5.41, 5.74) is 0.260. The summed E-state index contributed by atoms with van der Waals surface area (Å²) in [6, 6.07) is 8.11. The Labute approximate surface area is 166 Å². The molecule has 1 aromatic carbocycles. The fraction of sp³-hybridized carbons (Fsp3) is 0.696. The molecule has 0 N–H and O–H groups in total. The van der Waals surface area contributed by atoms with Crippen LogP contribution in [-0.2, 0) is 6.54 Å². The van der Waals surface area contributed by atoms with Crippen LogP contribution in [0.1, 0.15) is 96.8 Å². The van der Waals surface area contributed by atoms with Crippen molar-refractivity contribution in [3.63, 3.8) is 0 Å². The first-order valence-corrected chi connectivity index (χ1v) is 12.5. The quantitative estimate of drug-likeness (QED) is 0.236. The summed E-state index contributed by atoms with van der Waals surface area (Å²) in [5, 5.41) is 0.942. The van der Waals surface area contributed by atoms with Gasteiger partial charge in [0.1, 0.15) is 0 Å². The molecular weight excluding hydrogens is 385 g/mol. The monoisotopic (exact) mass is 423 g/mol. The molecule has 0 saturated carbocycles. The fourth-order valence-corrected chi connectivity index (χ4v) is 5.78. The topological polar surface area (TPSA) is 22.0 Å². The van der Waals surface area contributed by atoms with Gasteiger partial charge in [-0.15, -0.1) is 0 Å². The van der Waals surface area contributed by atoms with Crippen LogP contribution >= 0.6 is 0 Å². The molecule has 2 aromatic rings. The molecule has 0 aliphatic rings. The summed E-state index contributed by atoms with van der Waals surface area (Å²) in [7, 11) is 0. The van der Waals surface area contributed by atoms with Crippen LogP contribution < -0.4 is 5.56 Å². The average Bonchev–Trinajstić information content (AvgIpc) is 2.98. The van der Waals surface area contributed by atoms with Crippen molar-refractivity contribution in [3.05, 3.63) is 34.6 Å². The minimum absolute atomic E-state index is 0.213. The van der Waals surface area contributed by atoms with Crippen molar-refractivity contribution in [2.45, 2.75) is 103 Å². The molecule has 2 nitrogen and oxygen atoms in total. The van der Waals surface area contributed by atoms with Crippen LogP contribution in [0, 0.1) is 0 Å². The molecule has 1 heterocycles. The maximum absolute atomic E-state index is 12.3. The molecule has 0 bridgehead atoms. The summed E-state index contributed by atoms with van der Waals surface area (Å²) in [6.45, 7) is 3.23. The Morgan fingerprint density at radius 1 is 0.731 bits per heavy atom. The van der Waals surface area contributed by atoms with Gasteiger partial charge in [-0.05, 0) is 0 Å². The first-order valence-electron chi connectivity index (χ1n) is 10.9. The van der Waals surface area contributed by atoms with Gasteiger partial charge in [-0.3, -0.25) is 0 Å². The standard InChI is InChI=1S/C23H37NOSe/c1-2-3-4-5-6-7-8-9-10-11-12-13-14-17-20-24-23(25)21-18-15-16-19-22(21)26-24/h15-16,18-19H,2-14,17,20H2,1H3. The molecule has 146 valence electrons. The number of unbranched alkanes of at least 4 members (excludes halogenated alkanes) is 13. The van der Waals surface area contributed by atoms with E-state index in [-0.39, 0.29) is 20.3 Å². The summed E-state index contributed by atoms with van der Waals surface area (Å²) in [6.07, 6.45) is 19.4. The molecule has 0 spiro atoms. The molecule has 0 fully saturated rings. The number of aromatic nitrogens is 1. The third kappa shape index (κ3) is 7.84. The van der Waals surface area contributed by atoms with Crippen molar-refractivity contribution < 1.29 is 0 Å². The average molecular weight is 423 g/mol. The Balaban J connectivity index is 1.42. The van der Waals surface area contributed by atoms with Gasteiger partial charge >= 0.3 is 133 Å². The van der Waals surface area contributed by atoms with Crippen LogP contribution in [0.5, 0.6) is 0 Å². The van der Waals surface area contributed by atoms with E-state index >= 15 is 0 Å². The molecule has 2 rings (SSSR count). The van der Waals surface area contributed by atoms with E-state index < -0.39 is 0 Å². The van der Waals surface area contributed by atoms with E-state index in [1.165, 1.54) is 94.2 Å². The summed E-state index contributed by atoms with van der Waals surface area (Å²) < 4.78 is 3.34. The van der Waals surface area contributed by atoms with Gasteiger partial charge < -0.3 is 0 Å². The van der Waals surface area contributed by atoms with Crippen LogP contribution in [-0.4, -0.2) is 18.3 Å². The minimum atomic E-state index is 0.213. The van der Waals surface area contributed by atoms with Gasteiger partial charge in [-0.1, -0.05) is 32.6 Å². The molecular formula is C23H37NOSe. The number of benzene rings is 1. The molecule has 0 aliphatic carbocycles. The number of hydrogen-bond acceptors (Lipinski definition) is 1. The van der Waals surface area contributed by atoms with Gasteiger partial charge in [0, 0.05) is 0 Å². The molecule has 0 atom stereocenters. The zero-order valence-electron chi connectivity index (χ0n) is 16.7. The van der Waals surface area contributed by atoms with Crippen molar-refractivity contribution in [1.82, 2.24) is 3.56 Å². The van der Waals surface area contributed by atoms with E-state index in [0.717, 1.165) is 11.9 Å². The van der Waals surface area contributed by atoms with Crippen LogP contribution in [0.25, 0.3) is 9.65 Å². The number of rotatable bonds is 15. The molecule has 0 unspecified atom stereocenters. The van der Waals surface area contributed by atoms with Crippen molar-refractivity contribution in [3.8, 4) is 0 Å². The molecule has 26 heavy (non-hydrogen) atoms. The maximum atomic E-state index is 12.3. The van der Waals surface area contributed by atoms with Crippen LogP contribution in [0.4, 0.5) is 0 Å². The van der Waals surface area contributed by atoms with Crippen molar-refractivity contribution in [1.29, 1.82) is 0 Å². The van der Waals surface area contributed by atoms with Gasteiger partial charge in [0.05, 0.1) is 0 Å². The molecule has 0 aliphatic heterocycles. The fourth-order valence-electron chi connectivity index (χ4n) is 3.61. The van der Waals surface area contributed by atoms with E-state index in [4.69, 9.17) is 0 Å². The Morgan fingerprint density at radius 2 is 1.23 bits per heavy atom. The SMILES string of the molecule is CCCCCCCCCCCCCCCCn1[se]c2ccccc2c1=O. The summed E-state index contributed by atoms with van der Waals surface area (Å²) >= 11 is 0.213. The van der Waals surface area contributed by atoms with Crippen LogP contribution in [0.2, 0.25) is 0 Å². The normalized spacial score (nSPS) is 11.4. The van der Waals surface area contributed by atoms with Crippen LogP contribution in [0.15, 0.2) is 29.1 Å². The number of aryl methyl sites for hydroxylation is 1. The third-order valence-corrected chi connectivity index (χ3v) is 7.62. The predicted molar refractivity (Wildman–Crippen MR) is 115 cm³/mol. The second kappa shape index (κ2) is 13.4. The summed E-state index contributed by atoms with van der Waals surface area (Å²) in [4.78, 5) is 12.3. The Hall–Kier alpha value is -0.791. The van der Waals surface area contributed by atoms with E-state index in [9.17, 15) is 4.79 Å². The van der Waals surface area contributed by atoms with E-state index in [2.05, 4.69) is 16.6 Å². The molecule has 0 amide bonds. The first-order chi connectivity index (χ1) is 12.8. The van der Waals surface area contributed by atoms with E-state index in [1.54, 1.807) is 0 Å². The zero-order valence-corrected chi connectivity index (χ0v) is 18.4. The Bertz CT molecular complexity index is 658. The zero-order chi connectivity index (χ0) is 18.5. The van der Waals surface area contributed by atoms with Gasteiger partial charge in [0.15, 0.2) is 0 Å². The number of hydrogen-bond donors (Lipinski definition) is 0. The second-order valence-corrected chi connectivity index (χ2v) is 9.82. The number of nitrogens with zero attached hydrogens (tertiary/aromatic N) is 1. The predicted octanol–water partition coefficient (Wildman–Crippen LogP) is 6.54. The molecule has 0 radical (unpaired) electrons. The second-order valence-electron chi connectivity index (χ2n) is 7.59.